The number of carbonyl (C=O) groups excluding carboxylic acids is 2. The molecule has 24 heavy (non-hydrogen) atoms. The topological polar surface area (TPSA) is 49.4 Å². The summed E-state index contributed by atoms with van der Waals surface area (Å²) in [5.41, 5.74) is 3.40. The first kappa shape index (κ1) is 18.1. The lowest BCUT2D eigenvalue weighted by atomic mass is 10.1. The summed E-state index contributed by atoms with van der Waals surface area (Å²) >= 11 is 1.59. The van der Waals surface area contributed by atoms with Crippen LogP contribution in [0.15, 0.2) is 47.4 Å². The van der Waals surface area contributed by atoms with Gasteiger partial charge in [-0.15, -0.1) is 11.8 Å². The van der Waals surface area contributed by atoms with Crippen molar-refractivity contribution < 1.29 is 9.59 Å². The lowest BCUT2D eigenvalue weighted by Gasteiger charge is -2.18. The average molecular weight is 342 g/mol. The molecule has 2 amide bonds. The van der Waals surface area contributed by atoms with Gasteiger partial charge < -0.3 is 10.2 Å². The number of nitrogens with zero attached hydrogens (tertiary/aromatic N) is 1. The molecule has 0 aliphatic carbocycles. The molecule has 0 aliphatic heterocycles. The molecule has 0 heterocycles. The van der Waals surface area contributed by atoms with Crippen molar-refractivity contribution in [1.82, 2.24) is 4.90 Å². The van der Waals surface area contributed by atoms with Crippen molar-refractivity contribution in [2.75, 3.05) is 25.2 Å². The van der Waals surface area contributed by atoms with Crippen LogP contribution in [0.4, 0.5) is 5.69 Å². The van der Waals surface area contributed by atoms with Gasteiger partial charge in [-0.2, -0.15) is 0 Å². The first-order valence-electron chi connectivity index (χ1n) is 7.67. The van der Waals surface area contributed by atoms with Gasteiger partial charge in [-0.3, -0.25) is 9.59 Å². The van der Waals surface area contributed by atoms with E-state index >= 15 is 0 Å². The van der Waals surface area contributed by atoms with Crippen molar-refractivity contribution in [3.63, 3.8) is 0 Å². The minimum absolute atomic E-state index is 0.00957. The Balaban J connectivity index is 2.03. The zero-order valence-corrected chi connectivity index (χ0v) is 15.2. The fraction of sp³-hybridized carbons (Fsp3) is 0.263. The maximum absolute atomic E-state index is 12.6. The van der Waals surface area contributed by atoms with Crippen LogP contribution in [0.1, 0.15) is 21.5 Å². The average Bonchev–Trinajstić information content (AvgIpc) is 2.56. The second-order valence-corrected chi connectivity index (χ2v) is 6.64. The molecule has 0 spiro atoms. The van der Waals surface area contributed by atoms with Crippen molar-refractivity contribution in [3.05, 3.63) is 59.2 Å². The van der Waals surface area contributed by atoms with E-state index in [4.69, 9.17) is 0 Å². The number of anilines is 1. The molecule has 5 heteroatoms. The first-order chi connectivity index (χ1) is 11.4. The van der Waals surface area contributed by atoms with Gasteiger partial charge in [-0.1, -0.05) is 23.8 Å². The van der Waals surface area contributed by atoms with E-state index in [0.29, 0.717) is 5.56 Å². The maximum atomic E-state index is 12.6. The SMILES string of the molecule is CSc1ccc(C)c(C(=O)N(C)CC(=O)Nc2ccc(C)cc2)c1. The van der Waals surface area contributed by atoms with E-state index in [1.54, 1.807) is 18.8 Å². The van der Waals surface area contributed by atoms with Crippen molar-refractivity contribution in [2.24, 2.45) is 0 Å². The van der Waals surface area contributed by atoms with Gasteiger partial charge in [0.25, 0.3) is 5.91 Å². The zero-order chi connectivity index (χ0) is 17.7. The van der Waals surface area contributed by atoms with Gasteiger partial charge in [0.15, 0.2) is 0 Å². The van der Waals surface area contributed by atoms with Gasteiger partial charge in [0.1, 0.15) is 0 Å². The van der Waals surface area contributed by atoms with Gasteiger partial charge in [0, 0.05) is 23.2 Å². The Kier molecular flexibility index (Phi) is 6.04. The molecule has 0 unspecified atom stereocenters. The number of hydrogen-bond acceptors (Lipinski definition) is 3. The van der Waals surface area contributed by atoms with E-state index in [1.165, 1.54) is 4.90 Å². The van der Waals surface area contributed by atoms with Gasteiger partial charge in [-0.25, -0.2) is 0 Å². The number of amides is 2. The molecule has 0 bridgehead atoms. The summed E-state index contributed by atoms with van der Waals surface area (Å²) in [4.78, 5) is 27.2. The fourth-order valence-corrected chi connectivity index (χ4v) is 2.73. The Morgan fingerprint density at radius 1 is 1.08 bits per heavy atom. The second-order valence-electron chi connectivity index (χ2n) is 5.76. The Bertz CT molecular complexity index is 742. The highest BCUT2D eigenvalue weighted by atomic mass is 32.2. The zero-order valence-electron chi connectivity index (χ0n) is 14.4. The third-order valence-electron chi connectivity index (χ3n) is 3.74. The molecular formula is C19H22N2O2S. The Morgan fingerprint density at radius 2 is 1.75 bits per heavy atom. The summed E-state index contributed by atoms with van der Waals surface area (Å²) < 4.78 is 0. The van der Waals surface area contributed by atoms with Crippen LogP contribution in [0.25, 0.3) is 0 Å². The molecule has 4 nitrogen and oxygen atoms in total. The van der Waals surface area contributed by atoms with E-state index in [0.717, 1.165) is 21.7 Å². The minimum atomic E-state index is -0.214. The fourth-order valence-electron chi connectivity index (χ4n) is 2.29. The number of benzene rings is 2. The smallest absolute Gasteiger partial charge is 0.254 e. The molecule has 0 saturated heterocycles. The predicted molar refractivity (Wildman–Crippen MR) is 99.7 cm³/mol. The molecule has 2 aromatic rings. The predicted octanol–water partition coefficient (Wildman–Crippen LogP) is 3.74. The summed E-state index contributed by atoms with van der Waals surface area (Å²) in [7, 11) is 1.64. The van der Waals surface area contributed by atoms with Crippen molar-refractivity contribution in [2.45, 2.75) is 18.7 Å². The van der Waals surface area contributed by atoms with E-state index in [2.05, 4.69) is 5.32 Å². The molecule has 0 aliphatic rings. The van der Waals surface area contributed by atoms with E-state index in [1.807, 2.05) is 62.6 Å². The molecule has 1 N–H and O–H groups in total. The van der Waals surface area contributed by atoms with Crippen LogP contribution < -0.4 is 5.32 Å². The molecule has 2 aromatic carbocycles. The molecule has 126 valence electrons. The summed E-state index contributed by atoms with van der Waals surface area (Å²) in [5.74, 6) is -0.365. The molecule has 0 fully saturated rings. The molecule has 0 radical (unpaired) electrons. The molecule has 0 atom stereocenters. The van der Waals surface area contributed by atoms with Gasteiger partial charge in [0.2, 0.25) is 5.91 Å². The van der Waals surface area contributed by atoms with Crippen LogP contribution in [0.5, 0.6) is 0 Å². The maximum Gasteiger partial charge on any atom is 0.254 e. The van der Waals surface area contributed by atoms with Crippen LogP contribution in [0.3, 0.4) is 0 Å². The highest BCUT2D eigenvalue weighted by Crippen LogP contribution is 2.20. The van der Waals surface area contributed by atoms with Crippen molar-refractivity contribution in [3.8, 4) is 0 Å². The van der Waals surface area contributed by atoms with Gasteiger partial charge in [-0.05, 0) is 49.9 Å². The summed E-state index contributed by atoms with van der Waals surface area (Å²) in [5, 5.41) is 2.81. The second kappa shape index (κ2) is 8.02. The Labute approximate surface area is 147 Å². The lowest BCUT2D eigenvalue weighted by molar-refractivity contribution is -0.116. The quantitative estimate of drug-likeness (QED) is 0.842. The number of likely N-dealkylation sites (N-methyl/N-ethyl adjacent to an activating group) is 1. The van der Waals surface area contributed by atoms with Crippen LogP contribution >= 0.6 is 11.8 Å². The summed E-state index contributed by atoms with van der Waals surface area (Å²) in [6, 6.07) is 13.3. The number of rotatable bonds is 5. The van der Waals surface area contributed by atoms with E-state index in [9.17, 15) is 9.59 Å². The highest BCUT2D eigenvalue weighted by Gasteiger charge is 2.17. The van der Waals surface area contributed by atoms with E-state index < -0.39 is 0 Å². The van der Waals surface area contributed by atoms with Crippen LogP contribution in [0.2, 0.25) is 0 Å². The number of nitrogens with one attached hydrogen (secondary N) is 1. The van der Waals surface area contributed by atoms with Crippen molar-refractivity contribution >= 4 is 29.3 Å². The Hall–Kier alpha value is -2.27. The third-order valence-corrected chi connectivity index (χ3v) is 4.46. The summed E-state index contributed by atoms with van der Waals surface area (Å²) in [6.45, 7) is 3.90. The molecular weight excluding hydrogens is 320 g/mol. The lowest BCUT2D eigenvalue weighted by Crippen LogP contribution is -2.35. The third kappa shape index (κ3) is 4.61. The number of hydrogen-bond donors (Lipinski definition) is 1. The normalized spacial score (nSPS) is 10.3. The minimum Gasteiger partial charge on any atom is -0.332 e. The van der Waals surface area contributed by atoms with Gasteiger partial charge >= 0.3 is 0 Å². The standard InChI is InChI=1S/C19H22N2O2S/c1-13-5-8-15(9-6-13)20-18(22)12-21(3)19(23)17-11-16(24-4)10-7-14(17)2/h5-11H,12H2,1-4H3,(H,20,22). The van der Waals surface area contributed by atoms with Crippen LogP contribution in [-0.2, 0) is 4.79 Å². The van der Waals surface area contributed by atoms with Gasteiger partial charge in [0.05, 0.1) is 6.54 Å². The first-order valence-corrected chi connectivity index (χ1v) is 8.90. The number of thioether (sulfide) groups is 1. The van der Waals surface area contributed by atoms with Crippen molar-refractivity contribution in [1.29, 1.82) is 0 Å². The van der Waals surface area contributed by atoms with Crippen LogP contribution in [0, 0.1) is 13.8 Å². The number of aryl methyl sites for hydroxylation is 2. The Morgan fingerprint density at radius 3 is 2.38 bits per heavy atom. The van der Waals surface area contributed by atoms with Crippen LogP contribution in [-0.4, -0.2) is 36.6 Å². The summed E-state index contributed by atoms with van der Waals surface area (Å²) in [6.07, 6.45) is 1.97. The van der Waals surface area contributed by atoms with E-state index in [-0.39, 0.29) is 18.4 Å². The largest absolute Gasteiger partial charge is 0.332 e. The number of carbonyl (C=O) groups is 2. The molecule has 0 aromatic heterocycles. The highest BCUT2D eigenvalue weighted by molar-refractivity contribution is 7.98. The molecule has 2 rings (SSSR count). The monoisotopic (exact) mass is 342 g/mol. The molecule has 0 saturated carbocycles.